The first-order chi connectivity index (χ1) is 8.70. The van der Waals surface area contributed by atoms with E-state index in [0.717, 1.165) is 34.8 Å². The van der Waals surface area contributed by atoms with Crippen LogP contribution >= 0.6 is 27.3 Å². The molecule has 1 amide bonds. The molecule has 1 saturated heterocycles. The number of halogens is 1. The maximum absolute atomic E-state index is 12.4. The van der Waals surface area contributed by atoms with Gasteiger partial charge in [-0.3, -0.25) is 4.79 Å². The lowest BCUT2D eigenvalue weighted by atomic mass is 9.97. The van der Waals surface area contributed by atoms with Gasteiger partial charge in [-0.2, -0.15) is 0 Å². The SMILES string of the molecule is CCN(CC1CCNCC1)C(=O)c1ccc(Br)s1. The number of hydrogen-bond acceptors (Lipinski definition) is 3. The minimum atomic E-state index is 0.173. The second kappa shape index (κ2) is 6.68. The fraction of sp³-hybridized carbons (Fsp3) is 0.615. The molecular formula is C13H19BrN2OS. The van der Waals surface area contributed by atoms with Gasteiger partial charge in [0.05, 0.1) is 8.66 Å². The second-order valence-electron chi connectivity index (χ2n) is 4.64. The maximum atomic E-state index is 12.4. The Morgan fingerprint density at radius 1 is 1.50 bits per heavy atom. The van der Waals surface area contributed by atoms with E-state index in [9.17, 15) is 4.79 Å². The standard InChI is InChI=1S/C13H19BrN2OS/c1-2-16(9-10-5-7-15-8-6-10)13(17)11-3-4-12(14)18-11/h3-4,10,15H,2,5-9H2,1H3. The van der Waals surface area contributed by atoms with Gasteiger partial charge in [-0.15, -0.1) is 11.3 Å². The summed E-state index contributed by atoms with van der Waals surface area (Å²) in [6.45, 7) is 5.91. The van der Waals surface area contributed by atoms with Crippen LogP contribution in [0.2, 0.25) is 0 Å². The molecule has 1 aliphatic heterocycles. The third-order valence-electron chi connectivity index (χ3n) is 3.39. The highest BCUT2D eigenvalue weighted by Crippen LogP contribution is 2.24. The molecule has 3 nitrogen and oxygen atoms in total. The van der Waals surface area contributed by atoms with Crippen molar-refractivity contribution in [3.8, 4) is 0 Å². The molecule has 0 aromatic carbocycles. The number of piperidine rings is 1. The molecular weight excluding hydrogens is 312 g/mol. The Bertz CT molecular complexity index is 401. The minimum absolute atomic E-state index is 0.173. The molecule has 1 aromatic heterocycles. The van der Waals surface area contributed by atoms with E-state index in [4.69, 9.17) is 0 Å². The molecule has 100 valence electrons. The molecule has 0 atom stereocenters. The normalized spacial score (nSPS) is 16.8. The fourth-order valence-electron chi connectivity index (χ4n) is 2.32. The van der Waals surface area contributed by atoms with Crippen molar-refractivity contribution in [3.05, 3.63) is 20.8 Å². The second-order valence-corrected chi connectivity index (χ2v) is 7.10. The van der Waals surface area contributed by atoms with Gasteiger partial charge in [0.1, 0.15) is 0 Å². The highest BCUT2D eigenvalue weighted by Gasteiger charge is 2.21. The van der Waals surface area contributed by atoms with Crippen molar-refractivity contribution in [1.82, 2.24) is 10.2 Å². The van der Waals surface area contributed by atoms with E-state index in [1.165, 1.54) is 24.2 Å². The molecule has 2 rings (SSSR count). The van der Waals surface area contributed by atoms with Crippen LogP contribution in [0.1, 0.15) is 29.4 Å². The largest absolute Gasteiger partial charge is 0.338 e. The third kappa shape index (κ3) is 3.56. The van der Waals surface area contributed by atoms with Crippen molar-refractivity contribution in [2.24, 2.45) is 5.92 Å². The van der Waals surface area contributed by atoms with E-state index in [-0.39, 0.29) is 5.91 Å². The van der Waals surface area contributed by atoms with Gasteiger partial charge in [0.15, 0.2) is 0 Å². The number of carbonyl (C=O) groups excluding carboxylic acids is 1. The number of carbonyl (C=O) groups is 1. The van der Waals surface area contributed by atoms with Crippen LogP contribution in [-0.2, 0) is 0 Å². The van der Waals surface area contributed by atoms with Gasteiger partial charge < -0.3 is 10.2 Å². The third-order valence-corrected chi connectivity index (χ3v) is 5.00. The fourth-order valence-corrected chi connectivity index (χ4v) is 3.67. The van der Waals surface area contributed by atoms with Crippen LogP contribution in [-0.4, -0.2) is 37.0 Å². The van der Waals surface area contributed by atoms with E-state index in [0.29, 0.717) is 5.92 Å². The molecule has 1 aromatic rings. The van der Waals surface area contributed by atoms with Gasteiger partial charge in [-0.25, -0.2) is 0 Å². The van der Waals surface area contributed by atoms with Gasteiger partial charge in [0.2, 0.25) is 0 Å². The number of nitrogens with one attached hydrogen (secondary N) is 1. The average Bonchev–Trinajstić information content (AvgIpc) is 2.83. The van der Waals surface area contributed by atoms with Gasteiger partial charge in [0.25, 0.3) is 5.91 Å². The zero-order valence-electron chi connectivity index (χ0n) is 10.6. The summed E-state index contributed by atoms with van der Waals surface area (Å²) in [7, 11) is 0. The summed E-state index contributed by atoms with van der Waals surface area (Å²) in [5, 5.41) is 3.36. The molecule has 0 spiro atoms. The summed E-state index contributed by atoms with van der Waals surface area (Å²) in [5.41, 5.74) is 0. The summed E-state index contributed by atoms with van der Waals surface area (Å²) in [6, 6.07) is 3.85. The smallest absolute Gasteiger partial charge is 0.263 e. The Hall–Kier alpha value is -0.390. The molecule has 1 aliphatic rings. The lowest BCUT2D eigenvalue weighted by molar-refractivity contribution is 0.0731. The molecule has 2 heterocycles. The van der Waals surface area contributed by atoms with Gasteiger partial charge in [-0.1, -0.05) is 0 Å². The first kappa shape index (κ1) is 14.0. The highest BCUT2D eigenvalue weighted by atomic mass is 79.9. The molecule has 0 radical (unpaired) electrons. The lowest BCUT2D eigenvalue weighted by Crippen LogP contribution is -2.39. The summed E-state index contributed by atoms with van der Waals surface area (Å²) in [4.78, 5) is 15.2. The molecule has 1 fully saturated rings. The maximum Gasteiger partial charge on any atom is 0.263 e. The van der Waals surface area contributed by atoms with Crippen LogP contribution in [0.4, 0.5) is 0 Å². The quantitative estimate of drug-likeness (QED) is 0.920. The number of nitrogens with zero attached hydrogens (tertiary/aromatic N) is 1. The molecule has 0 aliphatic carbocycles. The topological polar surface area (TPSA) is 32.3 Å². The van der Waals surface area contributed by atoms with Crippen LogP contribution < -0.4 is 5.32 Å². The first-order valence-corrected chi connectivity index (χ1v) is 8.07. The van der Waals surface area contributed by atoms with Crippen LogP contribution in [0.5, 0.6) is 0 Å². The van der Waals surface area contributed by atoms with E-state index < -0.39 is 0 Å². The van der Waals surface area contributed by atoms with E-state index >= 15 is 0 Å². The Kier molecular flexibility index (Phi) is 5.21. The number of rotatable bonds is 4. The molecule has 1 N–H and O–H groups in total. The Morgan fingerprint density at radius 2 is 2.22 bits per heavy atom. The van der Waals surface area contributed by atoms with Crippen molar-refractivity contribution in [1.29, 1.82) is 0 Å². The van der Waals surface area contributed by atoms with Crippen molar-refractivity contribution in [3.63, 3.8) is 0 Å². The van der Waals surface area contributed by atoms with Crippen LogP contribution in [0.15, 0.2) is 15.9 Å². The predicted molar refractivity (Wildman–Crippen MR) is 79.2 cm³/mol. The number of amides is 1. The predicted octanol–water partition coefficient (Wildman–Crippen LogP) is 2.97. The summed E-state index contributed by atoms with van der Waals surface area (Å²) < 4.78 is 1.02. The zero-order chi connectivity index (χ0) is 13.0. The Balaban J connectivity index is 1.97. The molecule has 0 bridgehead atoms. The van der Waals surface area contributed by atoms with Crippen molar-refractivity contribution in [2.75, 3.05) is 26.2 Å². The van der Waals surface area contributed by atoms with Crippen LogP contribution in [0.3, 0.4) is 0 Å². The van der Waals surface area contributed by atoms with E-state index in [1.54, 1.807) is 0 Å². The van der Waals surface area contributed by atoms with Crippen molar-refractivity contribution >= 4 is 33.2 Å². The van der Waals surface area contributed by atoms with Crippen molar-refractivity contribution in [2.45, 2.75) is 19.8 Å². The molecule has 0 saturated carbocycles. The average molecular weight is 331 g/mol. The van der Waals surface area contributed by atoms with Crippen molar-refractivity contribution < 1.29 is 4.79 Å². The van der Waals surface area contributed by atoms with Gasteiger partial charge in [-0.05, 0) is 66.8 Å². The van der Waals surface area contributed by atoms with Crippen LogP contribution in [0.25, 0.3) is 0 Å². The minimum Gasteiger partial charge on any atom is -0.338 e. The zero-order valence-corrected chi connectivity index (χ0v) is 13.0. The Labute approximate surface area is 121 Å². The molecule has 0 unspecified atom stereocenters. The van der Waals surface area contributed by atoms with Crippen LogP contribution in [0, 0.1) is 5.92 Å². The number of hydrogen-bond donors (Lipinski definition) is 1. The molecule has 5 heteroatoms. The Morgan fingerprint density at radius 3 is 2.78 bits per heavy atom. The van der Waals surface area contributed by atoms with Gasteiger partial charge >= 0.3 is 0 Å². The summed E-state index contributed by atoms with van der Waals surface area (Å²) in [5.74, 6) is 0.824. The van der Waals surface area contributed by atoms with E-state index in [2.05, 4.69) is 28.2 Å². The molecule has 18 heavy (non-hydrogen) atoms. The van der Waals surface area contributed by atoms with E-state index in [1.807, 2.05) is 17.0 Å². The number of thiophene rings is 1. The first-order valence-electron chi connectivity index (χ1n) is 6.46. The summed E-state index contributed by atoms with van der Waals surface area (Å²) in [6.07, 6.45) is 2.36. The lowest BCUT2D eigenvalue weighted by Gasteiger charge is -2.29. The summed E-state index contributed by atoms with van der Waals surface area (Å²) >= 11 is 4.92. The highest BCUT2D eigenvalue weighted by molar-refractivity contribution is 9.11. The van der Waals surface area contributed by atoms with Gasteiger partial charge in [0, 0.05) is 13.1 Å². The monoisotopic (exact) mass is 330 g/mol.